The first-order chi connectivity index (χ1) is 13.4. The second-order valence-corrected chi connectivity index (χ2v) is 9.28. The fraction of sp³-hybridized carbons (Fsp3) is 0.565. The minimum atomic E-state index is 0.00266. The van der Waals surface area contributed by atoms with Gasteiger partial charge in [-0.05, 0) is 43.9 Å². The predicted octanol–water partition coefficient (Wildman–Crippen LogP) is 3.87. The average Bonchev–Trinajstić information content (AvgIpc) is 3.13. The van der Waals surface area contributed by atoms with Gasteiger partial charge in [-0.1, -0.05) is 31.9 Å². The zero-order valence-electron chi connectivity index (χ0n) is 17.0. The molecule has 0 unspecified atom stereocenters. The van der Waals surface area contributed by atoms with Crippen LogP contribution >= 0.6 is 0 Å². The first kappa shape index (κ1) is 17.8. The summed E-state index contributed by atoms with van der Waals surface area (Å²) in [5.74, 6) is 0.248. The van der Waals surface area contributed by atoms with E-state index in [1.54, 1.807) is 6.92 Å². The van der Waals surface area contributed by atoms with Crippen molar-refractivity contribution in [2.24, 2.45) is 5.41 Å². The molecule has 1 aliphatic carbocycles. The first-order valence-electron chi connectivity index (χ1n) is 10.6. The summed E-state index contributed by atoms with van der Waals surface area (Å²) in [7, 11) is 0. The van der Waals surface area contributed by atoms with Crippen molar-refractivity contribution in [1.82, 2.24) is 14.8 Å². The third kappa shape index (κ3) is 2.38. The van der Waals surface area contributed by atoms with Gasteiger partial charge in [0.1, 0.15) is 5.69 Å². The van der Waals surface area contributed by atoms with Crippen LogP contribution in [0.3, 0.4) is 0 Å². The smallest absolute Gasteiger partial charge is 0.270 e. The highest BCUT2D eigenvalue weighted by Gasteiger charge is 2.60. The van der Waals surface area contributed by atoms with E-state index in [1.165, 1.54) is 5.56 Å². The molecule has 3 aliphatic rings. The van der Waals surface area contributed by atoms with Crippen molar-refractivity contribution in [2.75, 3.05) is 6.54 Å². The second-order valence-electron chi connectivity index (χ2n) is 9.28. The highest BCUT2D eigenvalue weighted by atomic mass is 16.2. The predicted molar refractivity (Wildman–Crippen MR) is 109 cm³/mol. The quantitative estimate of drug-likeness (QED) is 0.818. The Kier molecular flexibility index (Phi) is 3.87. The first-order valence-corrected chi connectivity index (χ1v) is 10.6. The van der Waals surface area contributed by atoms with E-state index in [-0.39, 0.29) is 35.4 Å². The number of H-pyrrole nitrogens is 1. The van der Waals surface area contributed by atoms with E-state index < -0.39 is 0 Å². The molecular formula is C23H29N3O2. The Labute approximate surface area is 166 Å². The Morgan fingerprint density at radius 2 is 1.93 bits per heavy atom. The van der Waals surface area contributed by atoms with Crippen LogP contribution in [0.4, 0.5) is 0 Å². The number of nitrogens with zero attached hydrogens (tertiary/aromatic N) is 2. The zero-order chi connectivity index (χ0) is 19.6. The van der Waals surface area contributed by atoms with Crippen molar-refractivity contribution in [3.63, 3.8) is 0 Å². The van der Waals surface area contributed by atoms with Crippen LogP contribution in [0.1, 0.15) is 62.0 Å². The number of nitrogens with one attached hydrogen (secondary N) is 1. The number of hydrogen-bond acceptors (Lipinski definition) is 2. The Bertz CT molecular complexity index is 964. The lowest BCUT2D eigenvalue weighted by atomic mass is 9.71. The van der Waals surface area contributed by atoms with Crippen molar-refractivity contribution in [3.8, 4) is 0 Å². The molecule has 2 aliphatic heterocycles. The number of fused-ring (bicyclic) bond motifs is 2. The number of aromatic amines is 1. The molecule has 5 nitrogen and oxygen atoms in total. The lowest BCUT2D eigenvalue weighted by molar-refractivity contribution is -0.136. The Hall–Kier alpha value is -2.30. The number of likely N-dealkylation sites (tertiary alicyclic amines) is 2. The number of amides is 2. The van der Waals surface area contributed by atoms with Gasteiger partial charge in [-0.25, -0.2) is 0 Å². The molecule has 2 amide bonds. The molecular weight excluding hydrogens is 350 g/mol. The molecule has 2 aromatic rings. The fourth-order valence-corrected chi connectivity index (χ4v) is 6.38. The molecule has 1 aromatic carbocycles. The summed E-state index contributed by atoms with van der Waals surface area (Å²) in [5.41, 5.74) is 2.87. The standard InChI is InChI=1S/C23H29N3O2/c1-14-7-6-8-18-17(14)11-19(24-18)22(28)26-16-12-23(3)20(25(13-16)15(2)27)9-4-5-10-21(23)26/h6-8,11,16,20-21,24H,4-5,9-10,12-13H2,1-3H3/t16-,20+,21-,23+/m0/s1. The minimum absolute atomic E-state index is 0.00266. The third-order valence-electron chi connectivity index (χ3n) is 7.67. The van der Waals surface area contributed by atoms with E-state index in [1.807, 2.05) is 18.2 Å². The van der Waals surface area contributed by atoms with Gasteiger partial charge >= 0.3 is 0 Å². The normalized spacial score (nSPS) is 31.9. The molecule has 4 atom stereocenters. The molecule has 3 heterocycles. The van der Waals surface area contributed by atoms with Gasteiger partial charge in [0.2, 0.25) is 5.91 Å². The SMILES string of the molecule is CC(=O)N1C[C@@H]2C[C@@]3(C)[C@H](CCCC[C@@H]13)N2C(=O)c1cc2c(C)cccc2[nH]1. The van der Waals surface area contributed by atoms with Gasteiger partial charge in [-0.2, -0.15) is 0 Å². The van der Waals surface area contributed by atoms with Gasteiger partial charge in [0.15, 0.2) is 0 Å². The van der Waals surface area contributed by atoms with Crippen LogP contribution in [0.15, 0.2) is 24.3 Å². The maximum Gasteiger partial charge on any atom is 0.270 e. The van der Waals surface area contributed by atoms with Crippen LogP contribution in [-0.4, -0.2) is 51.3 Å². The Balaban J connectivity index is 1.56. The molecule has 0 spiro atoms. The minimum Gasteiger partial charge on any atom is -0.351 e. The number of aromatic nitrogens is 1. The van der Waals surface area contributed by atoms with Gasteiger partial charge in [-0.3, -0.25) is 9.59 Å². The summed E-state index contributed by atoms with van der Waals surface area (Å²) in [6.07, 6.45) is 5.38. The number of carbonyl (C=O) groups excluding carboxylic acids is 2. The number of aryl methyl sites for hydroxylation is 1. The highest BCUT2D eigenvalue weighted by molar-refractivity contribution is 5.99. The van der Waals surface area contributed by atoms with Crippen molar-refractivity contribution in [1.29, 1.82) is 0 Å². The van der Waals surface area contributed by atoms with Gasteiger partial charge in [-0.15, -0.1) is 0 Å². The maximum absolute atomic E-state index is 13.7. The number of carbonyl (C=O) groups is 2. The highest BCUT2D eigenvalue weighted by Crippen LogP contribution is 2.53. The summed E-state index contributed by atoms with van der Waals surface area (Å²) in [5, 5.41) is 1.11. The van der Waals surface area contributed by atoms with Crippen LogP contribution in [0, 0.1) is 12.3 Å². The fourth-order valence-electron chi connectivity index (χ4n) is 6.38. The summed E-state index contributed by atoms with van der Waals surface area (Å²) in [6, 6.07) is 8.73. The molecule has 3 fully saturated rings. The van der Waals surface area contributed by atoms with Gasteiger partial charge in [0, 0.05) is 41.9 Å². The van der Waals surface area contributed by atoms with E-state index in [2.05, 4.69) is 34.7 Å². The van der Waals surface area contributed by atoms with Crippen molar-refractivity contribution in [3.05, 3.63) is 35.5 Å². The molecule has 1 saturated carbocycles. The number of benzene rings is 1. The molecule has 5 heteroatoms. The largest absolute Gasteiger partial charge is 0.351 e. The van der Waals surface area contributed by atoms with E-state index in [4.69, 9.17) is 0 Å². The molecule has 1 aromatic heterocycles. The summed E-state index contributed by atoms with van der Waals surface area (Å²) in [6.45, 7) is 6.76. The van der Waals surface area contributed by atoms with Crippen LogP contribution in [0.2, 0.25) is 0 Å². The summed E-state index contributed by atoms with van der Waals surface area (Å²) >= 11 is 0. The van der Waals surface area contributed by atoms with E-state index in [0.29, 0.717) is 12.2 Å². The van der Waals surface area contributed by atoms with Crippen molar-refractivity contribution >= 4 is 22.7 Å². The summed E-state index contributed by atoms with van der Waals surface area (Å²) in [4.78, 5) is 33.6. The van der Waals surface area contributed by atoms with Gasteiger partial charge in [0.05, 0.1) is 6.04 Å². The lowest BCUT2D eigenvalue weighted by Crippen LogP contribution is -2.55. The number of rotatable bonds is 1. The zero-order valence-corrected chi connectivity index (χ0v) is 17.0. The van der Waals surface area contributed by atoms with Crippen LogP contribution < -0.4 is 0 Å². The molecule has 0 radical (unpaired) electrons. The second kappa shape index (κ2) is 6.10. The topological polar surface area (TPSA) is 56.4 Å². The van der Waals surface area contributed by atoms with E-state index in [0.717, 1.165) is 43.0 Å². The van der Waals surface area contributed by atoms with Gasteiger partial charge < -0.3 is 14.8 Å². The summed E-state index contributed by atoms with van der Waals surface area (Å²) < 4.78 is 0. The maximum atomic E-state index is 13.7. The van der Waals surface area contributed by atoms with E-state index >= 15 is 0 Å². The monoisotopic (exact) mass is 379 g/mol. The Morgan fingerprint density at radius 1 is 1.18 bits per heavy atom. The number of hydrogen-bond donors (Lipinski definition) is 1. The van der Waals surface area contributed by atoms with Crippen LogP contribution in [0.5, 0.6) is 0 Å². The van der Waals surface area contributed by atoms with Crippen LogP contribution in [-0.2, 0) is 4.79 Å². The third-order valence-corrected chi connectivity index (χ3v) is 7.67. The number of piperidine rings is 1. The van der Waals surface area contributed by atoms with E-state index in [9.17, 15) is 9.59 Å². The average molecular weight is 380 g/mol. The molecule has 28 heavy (non-hydrogen) atoms. The van der Waals surface area contributed by atoms with Gasteiger partial charge in [0.25, 0.3) is 5.91 Å². The van der Waals surface area contributed by atoms with Crippen molar-refractivity contribution < 1.29 is 9.59 Å². The molecule has 1 N–H and O–H groups in total. The molecule has 2 saturated heterocycles. The lowest BCUT2D eigenvalue weighted by Gasteiger charge is -2.46. The van der Waals surface area contributed by atoms with Crippen molar-refractivity contribution in [2.45, 2.75) is 71.0 Å². The molecule has 148 valence electrons. The van der Waals surface area contributed by atoms with Crippen LogP contribution in [0.25, 0.3) is 10.9 Å². The molecule has 2 bridgehead atoms. The molecule has 5 rings (SSSR count). The Morgan fingerprint density at radius 3 is 2.64 bits per heavy atom.